The summed E-state index contributed by atoms with van der Waals surface area (Å²) in [6.45, 7) is 0. The monoisotopic (exact) mass is 304 g/mol. The van der Waals surface area contributed by atoms with Gasteiger partial charge in [0.2, 0.25) is 5.82 Å². The number of rotatable bonds is 4. The van der Waals surface area contributed by atoms with Crippen LogP contribution in [0.2, 0.25) is 0 Å². The van der Waals surface area contributed by atoms with Gasteiger partial charge >= 0.3 is 5.69 Å². The average Bonchev–Trinajstić information content (AvgIpc) is 2.86. The van der Waals surface area contributed by atoms with Crippen molar-refractivity contribution in [1.29, 1.82) is 0 Å². The predicted molar refractivity (Wildman–Crippen MR) is 62.4 cm³/mol. The van der Waals surface area contributed by atoms with Crippen LogP contribution in [0, 0.1) is 21.7 Å². The van der Waals surface area contributed by atoms with E-state index in [1.165, 1.54) is 0 Å². The Morgan fingerprint density at radius 3 is 2.55 bits per heavy atom. The Morgan fingerprint density at radius 1 is 1.30 bits per heavy atom. The highest BCUT2D eigenvalue weighted by Crippen LogP contribution is 2.26. The molecule has 0 aliphatic rings. The predicted octanol–water partition coefficient (Wildman–Crippen LogP) is 1.40. The molecule has 0 radical (unpaired) electrons. The third-order valence-electron chi connectivity index (χ3n) is 2.24. The molecule has 1 aromatic carbocycles. The molecule has 2 rings (SSSR count). The van der Waals surface area contributed by atoms with Crippen molar-refractivity contribution in [3.63, 3.8) is 0 Å². The summed E-state index contributed by atoms with van der Waals surface area (Å²) in [6, 6.07) is 1.78. The molecule has 2 aromatic rings. The third-order valence-corrected chi connectivity index (χ3v) is 3.54. The fourth-order valence-electron chi connectivity index (χ4n) is 1.35. The summed E-state index contributed by atoms with van der Waals surface area (Å²) in [5.74, 6) is -2.69. The van der Waals surface area contributed by atoms with E-state index in [1.54, 1.807) is 4.72 Å². The van der Waals surface area contributed by atoms with E-state index in [2.05, 4.69) is 10.2 Å². The lowest BCUT2D eigenvalue weighted by molar-refractivity contribution is -0.387. The van der Waals surface area contributed by atoms with Gasteiger partial charge < -0.3 is 0 Å². The van der Waals surface area contributed by atoms with Crippen molar-refractivity contribution >= 4 is 21.4 Å². The normalized spacial score (nSPS) is 11.3. The van der Waals surface area contributed by atoms with Crippen LogP contribution >= 0.6 is 0 Å². The standard InChI is InChI=1S/C9H6F2N4O4S/c10-5-3-6(11)8(15(16)17)4-7(5)14-20(18,19)9-1-2-12-13-9/h1-4,14H,(H,12,13). The molecule has 0 atom stereocenters. The molecule has 8 nitrogen and oxygen atoms in total. The number of halogens is 2. The number of aromatic amines is 1. The van der Waals surface area contributed by atoms with Gasteiger partial charge in [0, 0.05) is 12.1 Å². The van der Waals surface area contributed by atoms with Gasteiger partial charge in [-0.2, -0.15) is 17.9 Å². The number of nitro groups is 1. The number of sulfonamides is 1. The van der Waals surface area contributed by atoms with Crippen LogP contribution in [0.15, 0.2) is 29.4 Å². The molecule has 0 aliphatic heterocycles. The highest BCUT2D eigenvalue weighted by Gasteiger charge is 2.23. The van der Waals surface area contributed by atoms with Crippen molar-refractivity contribution in [2.45, 2.75) is 5.03 Å². The maximum Gasteiger partial charge on any atom is 0.307 e. The summed E-state index contributed by atoms with van der Waals surface area (Å²) in [4.78, 5) is 9.43. The maximum absolute atomic E-state index is 13.5. The fourth-order valence-corrected chi connectivity index (χ4v) is 2.32. The van der Waals surface area contributed by atoms with Gasteiger partial charge in [0.15, 0.2) is 10.8 Å². The fraction of sp³-hybridized carbons (Fsp3) is 0. The first kappa shape index (κ1) is 13.9. The Hall–Kier alpha value is -2.56. The summed E-state index contributed by atoms with van der Waals surface area (Å²) >= 11 is 0. The first-order valence-electron chi connectivity index (χ1n) is 4.97. The molecule has 20 heavy (non-hydrogen) atoms. The SMILES string of the molecule is O=[N+]([O-])c1cc(NS(=O)(=O)c2ccn[nH]2)c(F)cc1F. The molecular formula is C9H6F2N4O4S. The average molecular weight is 304 g/mol. The van der Waals surface area contributed by atoms with Gasteiger partial charge in [-0.3, -0.25) is 19.9 Å². The molecule has 0 amide bonds. The van der Waals surface area contributed by atoms with Gasteiger partial charge in [0.05, 0.1) is 16.8 Å². The maximum atomic E-state index is 13.5. The largest absolute Gasteiger partial charge is 0.307 e. The van der Waals surface area contributed by atoms with E-state index in [1.807, 2.05) is 0 Å². The molecule has 0 aliphatic carbocycles. The Balaban J connectivity index is 2.44. The smallest absolute Gasteiger partial charge is 0.275 e. The minimum atomic E-state index is -4.20. The Morgan fingerprint density at radius 2 is 2.00 bits per heavy atom. The van der Waals surface area contributed by atoms with Crippen LogP contribution in [0.5, 0.6) is 0 Å². The minimum absolute atomic E-state index is 0.225. The Bertz CT molecular complexity index is 761. The van der Waals surface area contributed by atoms with Crippen LogP contribution < -0.4 is 4.72 Å². The van der Waals surface area contributed by atoms with E-state index in [0.717, 1.165) is 12.3 Å². The van der Waals surface area contributed by atoms with Crippen LogP contribution in [0.1, 0.15) is 0 Å². The van der Waals surface area contributed by atoms with Crippen molar-refractivity contribution in [1.82, 2.24) is 10.2 Å². The molecule has 106 valence electrons. The summed E-state index contributed by atoms with van der Waals surface area (Å²) in [7, 11) is -4.20. The van der Waals surface area contributed by atoms with Crippen molar-refractivity contribution in [2.24, 2.45) is 0 Å². The van der Waals surface area contributed by atoms with Gasteiger partial charge in [0.25, 0.3) is 10.0 Å². The van der Waals surface area contributed by atoms with E-state index in [9.17, 15) is 27.3 Å². The van der Waals surface area contributed by atoms with Crippen molar-refractivity contribution in [3.8, 4) is 0 Å². The quantitative estimate of drug-likeness (QED) is 0.653. The zero-order valence-electron chi connectivity index (χ0n) is 9.50. The summed E-state index contributed by atoms with van der Waals surface area (Å²) in [5.41, 5.74) is -1.79. The number of anilines is 1. The van der Waals surface area contributed by atoms with Crippen molar-refractivity contribution < 1.29 is 22.1 Å². The molecular weight excluding hydrogens is 298 g/mol. The second kappa shape index (κ2) is 4.85. The number of nitrogens with one attached hydrogen (secondary N) is 2. The van der Waals surface area contributed by atoms with Crippen molar-refractivity contribution in [3.05, 3.63) is 46.1 Å². The van der Waals surface area contributed by atoms with Crippen LogP contribution in [-0.4, -0.2) is 23.5 Å². The van der Waals surface area contributed by atoms with Gasteiger partial charge in [-0.25, -0.2) is 4.39 Å². The molecule has 2 N–H and O–H groups in total. The molecule has 0 bridgehead atoms. The number of hydrogen-bond donors (Lipinski definition) is 2. The number of nitrogens with zero attached hydrogens (tertiary/aromatic N) is 2. The second-order valence-corrected chi connectivity index (χ2v) is 5.22. The van der Waals surface area contributed by atoms with E-state index < -0.39 is 38.0 Å². The number of aromatic nitrogens is 2. The summed E-state index contributed by atoms with van der Waals surface area (Å²) in [5, 5.41) is 15.7. The number of hydrogen-bond acceptors (Lipinski definition) is 5. The Labute approximate surface area is 110 Å². The highest BCUT2D eigenvalue weighted by molar-refractivity contribution is 7.92. The van der Waals surface area contributed by atoms with Gasteiger partial charge in [0.1, 0.15) is 0 Å². The molecule has 1 heterocycles. The van der Waals surface area contributed by atoms with Crippen LogP contribution in [-0.2, 0) is 10.0 Å². The Kier molecular flexibility index (Phi) is 3.36. The van der Waals surface area contributed by atoms with Gasteiger partial charge in [-0.05, 0) is 6.07 Å². The van der Waals surface area contributed by atoms with Crippen LogP contribution in [0.4, 0.5) is 20.2 Å². The molecule has 0 fully saturated rings. The third kappa shape index (κ3) is 2.56. The first-order valence-corrected chi connectivity index (χ1v) is 6.45. The molecule has 0 saturated carbocycles. The van der Waals surface area contributed by atoms with Crippen LogP contribution in [0.3, 0.4) is 0 Å². The summed E-state index contributed by atoms with van der Waals surface area (Å²) < 4.78 is 51.9. The van der Waals surface area contributed by atoms with E-state index >= 15 is 0 Å². The topological polar surface area (TPSA) is 118 Å². The van der Waals surface area contributed by atoms with Gasteiger partial charge in [-0.15, -0.1) is 0 Å². The molecule has 1 aromatic heterocycles. The van der Waals surface area contributed by atoms with E-state index in [4.69, 9.17) is 0 Å². The lowest BCUT2D eigenvalue weighted by Crippen LogP contribution is -2.15. The first-order chi connectivity index (χ1) is 9.31. The molecule has 0 spiro atoms. The van der Waals surface area contributed by atoms with E-state index in [0.29, 0.717) is 6.07 Å². The zero-order valence-corrected chi connectivity index (χ0v) is 10.3. The lowest BCUT2D eigenvalue weighted by atomic mass is 10.2. The van der Waals surface area contributed by atoms with Crippen LogP contribution in [0.25, 0.3) is 0 Å². The zero-order chi connectivity index (χ0) is 14.9. The second-order valence-electron chi connectivity index (χ2n) is 3.57. The van der Waals surface area contributed by atoms with E-state index in [-0.39, 0.29) is 11.1 Å². The lowest BCUT2D eigenvalue weighted by Gasteiger charge is -2.07. The van der Waals surface area contributed by atoms with Gasteiger partial charge in [-0.1, -0.05) is 0 Å². The minimum Gasteiger partial charge on any atom is -0.275 e. The molecule has 11 heteroatoms. The molecule has 0 saturated heterocycles. The molecule has 0 unspecified atom stereocenters. The van der Waals surface area contributed by atoms with Crippen molar-refractivity contribution in [2.75, 3.05) is 4.72 Å². The number of nitro benzene ring substituents is 1. The highest BCUT2D eigenvalue weighted by atomic mass is 32.2. The number of H-pyrrole nitrogens is 1. The summed E-state index contributed by atoms with van der Waals surface area (Å²) in [6.07, 6.45) is 1.15. The number of benzene rings is 1.